The fourth-order valence-electron chi connectivity index (χ4n) is 3.88. The minimum atomic E-state index is -3.23. The molecule has 1 heterocycles. The maximum Gasteiger partial charge on any atom is 0.317 e. The Morgan fingerprint density at radius 3 is 2.06 bits per heavy atom. The van der Waals surface area contributed by atoms with Crippen LogP contribution in [-0.2, 0) is 16.4 Å². The van der Waals surface area contributed by atoms with Gasteiger partial charge in [0, 0.05) is 38.7 Å². The zero-order chi connectivity index (χ0) is 24.1. The quantitative estimate of drug-likeness (QED) is 0.555. The molecule has 0 radical (unpaired) electrons. The molecular weight excluding hydrogens is 455 g/mol. The lowest BCUT2D eigenvalue weighted by Crippen LogP contribution is -2.46. The minimum absolute atomic E-state index is 0.0212. The van der Waals surface area contributed by atoms with Gasteiger partial charge in [-0.2, -0.15) is 0 Å². The normalized spacial score (nSPS) is 14.6. The Kier molecular flexibility index (Phi) is 7.17. The average Bonchev–Trinajstić information content (AvgIpc) is 2.84. The van der Waals surface area contributed by atoms with E-state index in [0.717, 1.165) is 16.7 Å². The van der Waals surface area contributed by atoms with Crippen molar-refractivity contribution in [2.45, 2.75) is 30.4 Å². The Hall–Kier alpha value is -3.39. The molecule has 0 bridgehead atoms. The number of carbonyl (C=O) groups excluding carboxylic acids is 1. The van der Waals surface area contributed by atoms with Crippen molar-refractivity contribution in [1.29, 1.82) is 0 Å². The summed E-state index contributed by atoms with van der Waals surface area (Å²) in [6.07, 6.45) is 2.56. The molecule has 0 atom stereocenters. The Labute approximate surface area is 199 Å². The van der Waals surface area contributed by atoms with Gasteiger partial charge in [0.25, 0.3) is 0 Å². The van der Waals surface area contributed by atoms with E-state index >= 15 is 0 Å². The Bertz CT molecular complexity index is 1220. The number of hydrogen-bond acceptors (Lipinski definition) is 4. The van der Waals surface area contributed by atoms with E-state index in [4.69, 9.17) is 4.74 Å². The zero-order valence-electron chi connectivity index (χ0n) is 18.9. The number of ether oxygens (including phenoxy) is 1. The van der Waals surface area contributed by atoms with Crippen LogP contribution in [0.3, 0.4) is 0 Å². The number of hydrogen-bond donors (Lipinski definition) is 1. The molecule has 34 heavy (non-hydrogen) atoms. The Balaban J connectivity index is 1.22. The van der Waals surface area contributed by atoms with Crippen molar-refractivity contribution < 1.29 is 22.3 Å². The van der Waals surface area contributed by atoms with Crippen molar-refractivity contribution in [3.8, 4) is 16.9 Å². The van der Waals surface area contributed by atoms with E-state index in [9.17, 15) is 17.6 Å². The third kappa shape index (κ3) is 6.14. The summed E-state index contributed by atoms with van der Waals surface area (Å²) in [6, 6.07) is 20.5. The summed E-state index contributed by atoms with van der Waals surface area (Å²) >= 11 is 0. The first kappa shape index (κ1) is 23.8. The molecule has 1 aliphatic heterocycles. The maximum atomic E-state index is 13.1. The number of likely N-dealkylation sites (tertiary alicyclic amines) is 1. The monoisotopic (exact) mass is 482 g/mol. The van der Waals surface area contributed by atoms with E-state index in [1.165, 1.54) is 18.4 Å². The number of nitrogens with zero attached hydrogens (tertiary/aromatic N) is 1. The maximum absolute atomic E-state index is 13.1. The smallest absolute Gasteiger partial charge is 0.317 e. The summed E-state index contributed by atoms with van der Waals surface area (Å²) in [5, 5.41) is 2.96. The predicted molar refractivity (Wildman–Crippen MR) is 129 cm³/mol. The van der Waals surface area contributed by atoms with E-state index in [-0.39, 0.29) is 22.8 Å². The zero-order valence-corrected chi connectivity index (χ0v) is 19.7. The molecule has 1 fully saturated rings. The van der Waals surface area contributed by atoms with Gasteiger partial charge >= 0.3 is 6.03 Å². The topological polar surface area (TPSA) is 75.7 Å². The van der Waals surface area contributed by atoms with Gasteiger partial charge in [0.2, 0.25) is 0 Å². The fraction of sp³-hybridized carbons (Fsp3) is 0.269. The van der Waals surface area contributed by atoms with Gasteiger partial charge in [0.1, 0.15) is 17.7 Å². The fourth-order valence-corrected chi connectivity index (χ4v) is 4.51. The van der Waals surface area contributed by atoms with Crippen LogP contribution in [0.2, 0.25) is 0 Å². The van der Waals surface area contributed by atoms with Crippen LogP contribution in [0, 0.1) is 5.82 Å². The number of benzene rings is 3. The molecule has 3 aromatic carbocycles. The van der Waals surface area contributed by atoms with E-state index in [1.54, 1.807) is 41.3 Å². The number of amides is 2. The molecule has 0 unspecified atom stereocenters. The van der Waals surface area contributed by atoms with E-state index in [2.05, 4.69) is 5.32 Å². The van der Waals surface area contributed by atoms with Gasteiger partial charge < -0.3 is 15.0 Å². The Morgan fingerprint density at radius 1 is 0.941 bits per heavy atom. The van der Waals surface area contributed by atoms with Gasteiger partial charge in [-0.05, 0) is 53.1 Å². The molecule has 2 amide bonds. The summed E-state index contributed by atoms with van der Waals surface area (Å²) in [5.74, 6) is 0.362. The van der Waals surface area contributed by atoms with Crippen molar-refractivity contribution in [2.75, 3.05) is 19.3 Å². The summed E-state index contributed by atoms with van der Waals surface area (Å²) in [5.41, 5.74) is 2.91. The number of piperidine rings is 1. The number of sulfone groups is 1. The van der Waals surface area contributed by atoms with Gasteiger partial charge in [-0.1, -0.05) is 36.4 Å². The molecule has 1 saturated heterocycles. The van der Waals surface area contributed by atoms with Gasteiger partial charge in [0.05, 0.1) is 4.90 Å². The number of nitrogens with one attached hydrogen (secondary N) is 1. The number of rotatable bonds is 6. The summed E-state index contributed by atoms with van der Waals surface area (Å²) in [6.45, 7) is 1.59. The molecule has 0 spiro atoms. The van der Waals surface area contributed by atoms with Crippen LogP contribution in [0.1, 0.15) is 18.4 Å². The number of urea groups is 1. The van der Waals surface area contributed by atoms with Crippen LogP contribution in [0.25, 0.3) is 11.1 Å². The predicted octanol–water partition coefficient (Wildman–Crippen LogP) is 4.65. The van der Waals surface area contributed by atoms with Crippen molar-refractivity contribution in [2.24, 2.45) is 0 Å². The van der Waals surface area contributed by atoms with Crippen LogP contribution >= 0.6 is 0 Å². The summed E-state index contributed by atoms with van der Waals surface area (Å²) < 4.78 is 42.2. The molecule has 3 aromatic rings. The van der Waals surface area contributed by atoms with Crippen LogP contribution in [0.5, 0.6) is 5.75 Å². The van der Waals surface area contributed by atoms with Crippen molar-refractivity contribution in [3.63, 3.8) is 0 Å². The second-order valence-corrected chi connectivity index (χ2v) is 10.4. The minimum Gasteiger partial charge on any atom is -0.490 e. The summed E-state index contributed by atoms with van der Waals surface area (Å²) in [7, 11) is -3.23. The third-order valence-electron chi connectivity index (χ3n) is 5.86. The second-order valence-electron chi connectivity index (χ2n) is 8.41. The molecule has 1 aliphatic rings. The SMILES string of the molecule is CS(=O)(=O)c1ccc(OC2CCN(C(=O)NCc3ccc(-c4ccc(F)cc4)cc3)CC2)cc1. The molecule has 8 heteroatoms. The largest absolute Gasteiger partial charge is 0.490 e. The highest BCUT2D eigenvalue weighted by Crippen LogP contribution is 2.22. The second kappa shape index (κ2) is 10.3. The standard InChI is InChI=1S/C26H27FN2O4S/c1-34(31,32)25-12-10-23(11-13-25)33-24-14-16-29(17-15-24)26(30)28-18-19-2-4-20(5-3-19)21-6-8-22(27)9-7-21/h2-13,24H,14-18H2,1H3,(H,28,30). The first-order valence-corrected chi connectivity index (χ1v) is 13.0. The van der Waals surface area contributed by atoms with Gasteiger partial charge in [0.15, 0.2) is 9.84 Å². The van der Waals surface area contributed by atoms with Crippen LogP contribution < -0.4 is 10.1 Å². The van der Waals surface area contributed by atoms with E-state index in [0.29, 0.717) is 38.2 Å². The molecule has 1 N–H and O–H groups in total. The number of halogens is 1. The lowest BCUT2D eigenvalue weighted by atomic mass is 10.0. The van der Waals surface area contributed by atoms with Crippen LogP contribution in [0.4, 0.5) is 9.18 Å². The van der Waals surface area contributed by atoms with E-state index < -0.39 is 9.84 Å². The highest BCUT2D eigenvalue weighted by molar-refractivity contribution is 7.90. The van der Waals surface area contributed by atoms with Crippen molar-refractivity contribution in [1.82, 2.24) is 10.2 Å². The van der Waals surface area contributed by atoms with Crippen LogP contribution in [0.15, 0.2) is 77.7 Å². The highest BCUT2D eigenvalue weighted by atomic mass is 32.2. The van der Waals surface area contributed by atoms with Crippen LogP contribution in [-0.4, -0.2) is 44.8 Å². The first-order chi connectivity index (χ1) is 16.3. The highest BCUT2D eigenvalue weighted by Gasteiger charge is 2.24. The van der Waals surface area contributed by atoms with Crippen molar-refractivity contribution in [3.05, 3.63) is 84.2 Å². The third-order valence-corrected chi connectivity index (χ3v) is 6.99. The lowest BCUT2D eigenvalue weighted by molar-refractivity contribution is 0.111. The number of carbonyl (C=O) groups is 1. The Morgan fingerprint density at radius 2 is 1.50 bits per heavy atom. The molecule has 178 valence electrons. The van der Waals surface area contributed by atoms with E-state index in [1.807, 2.05) is 24.3 Å². The van der Waals surface area contributed by atoms with Gasteiger partial charge in [-0.25, -0.2) is 17.6 Å². The molecular formula is C26H27FN2O4S. The molecule has 4 rings (SSSR count). The lowest BCUT2D eigenvalue weighted by Gasteiger charge is -2.32. The molecule has 0 saturated carbocycles. The molecule has 0 aliphatic carbocycles. The van der Waals surface area contributed by atoms with Gasteiger partial charge in [-0.3, -0.25) is 0 Å². The molecule has 0 aromatic heterocycles. The van der Waals surface area contributed by atoms with Crippen molar-refractivity contribution >= 4 is 15.9 Å². The summed E-state index contributed by atoms with van der Waals surface area (Å²) in [4.78, 5) is 14.6. The molecule has 6 nitrogen and oxygen atoms in total. The van der Waals surface area contributed by atoms with Gasteiger partial charge in [-0.15, -0.1) is 0 Å². The first-order valence-electron chi connectivity index (χ1n) is 11.1. The average molecular weight is 483 g/mol.